The lowest BCUT2D eigenvalue weighted by molar-refractivity contribution is -0.137. The Morgan fingerprint density at radius 1 is 1.32 bits per heavy atom. The van der Waals surface area contributed by atoms with Crippen LogP contribution in [0.4, 0.5) is 5.69 Å². The van der Waals surface area contributed by atoms with E-state index >= 15 is 0 Å². The smallest absolute Gasteiger partial charge is 0.303 e. The van der Waals surface area contributed by atoms with Crippen molar-refractivity contribution in [2.45, 2.75) is 32.1 Å². The summed E-state index contributed by atoms with van der Waals surface area (Å²) in [6.07, 6.45) is 3.17. The lowest BCUT2D eigenvalue weighted by atomic mass is 10.1. The normalized spacial score (nSPS) is 17.5. The number of aromatic hydroxyl groups is 1. The highest BCUT2D eigenvalue weighted by Crippen LogP contribution is 2.30. The zero-order chi connectivity index (χ0) is 16.1. The summed E-state index contributed by atoms with van der Waals surface area (Å²) in [5.74, 6) is -1.17. The van der Waals surface area contributed by atoms with Gasteiger partial charge in [-0.1, -0.05) is 12.5 Å². The third kappa shape index (κ3) is 4.20. The summed E-state index contributed by atoms with van der Waals surface area (Å²) in [5.41, 5.74) is 1.30. The average molecular weight is 326 g/mol. The second-order valence-corrected chi connectivity index (χ2v) is 6.23. The minimum Gasteiger partial charge on any atom is -0.506 e. The van der Waals surface area contributed by atoms with E-state index < -0.39 is 17.1 Å². The maximum Gasteiger partial charge on any atom is 0.303 e. The van der Waals surface area contributed by atoms with Crippen molar-refractivity contribution < 1.29 is 24.0 Å². The number of carbonyl (C=O) groups excluding carboxylic acids is 1. The van der Waals surface area contributed by atoms with Crippen LogP contribution in [0.1, 0.15) is 31.2 Å². The highest BCUT2D eigenvalue weighted by Gasteiger charge is 2.28. The number of hydrogen-bond acceptors (Lipinski definition) is 4. The van der Waals surface area contributed by atoms with Crippen molar-refractivity contribution in [3.63, 3.8) is 0 Å². The Labute approximate surface area is 130 Å². The predicted octanol–water partition coefficient (Wildman–Crippen LogP) is 1.09. The average Bonchev–Trinajstić information content (AvgIpc) is 2.78. The SMILES string of the molecule is O=C(O)CCCCCc1ccc(O)c(N2CC(=O)NS2=O)c1. The van der Waals surface area contributed by atoms with Crippen molar-refractivity contribution in [3.8, 4) is 5.75 Å². The molecule has 3 N–H and O–H groups in total. The quantitative estimate of drug-likeness (QED) is 0.650. The highest BCUT2D eigenvalue weighted by atomic mass is 32.2. The number of carboxylic acids is 1. The van der Waals surface area contributed by atoms with E-state index in [1.54, 1.807) is 12.1 Å². The first-order valence-corrected chi connectivity index (χ1v) is 8.10. The Hall–Kier alpha value is -2.09. The number of phenols is 1. The van der Waals surface area contributed by atoms with E-state index in [-0.39, 0.29) is 24.6 Å². The van der Waals surface area contributed by atoms with Crippen LogP contribution in [0.3, 0.4) is 0 Å². The van der Waals surface area contributed by atoms with E-state index in [1.165, 1.54) is 10.4 Å². The van der Waals surface area contributed by atoms with Crippen LogP contribution in [-0.4, -0.2) is 32.8 Å². The molecule has 0 spiro atoms. The lowest BCUT2D eigenvalue weighted by Crippen LogP contribution is -2.22. The number of benzene rings is 1. The summed E-state index contributed by atoms with van der Waals surface area (Å²) < 4.78 is 15.3. The molecule has 1 atom stereocenters. The molecule has 8 heteroatoms. The third-order valence-electron chi connectivity index (χ3n) is 3.35. The molecule has 0 radical (unpaired) electrons. The fourth-order valence-electron chi connectivity index (χ4n) is 2.25. The molecule has 0 saturated carbocycles. The van der Waals surface area contributed by atoms with E-state index in [1.807, 2.05) is 0 Å². The third-order valence-corrected chi connectivity index (χ3v) is 4.48. The molecule has 22 heavy (non-hydrogen) atoms. The fourth-order valence-corrected chi connectivity index (χ4v) is 3.18. The predicted molar refractivity (Wildman–Crippen MR) is 81.5 cm³/mol. The first-order chi connectivity index (χ1) is 10.5. The van der Waals surface area contributed by atoms with Crippen molar-refractivity contribution in [2.24, 2.45) is 0 Å². The van der Waals surface area contributed by atoms with Crippen molar-refractivity contribution in [3.05, 3.63) is 23.8 Å². The van der Waals surface area contributed by atoms with Crippen molar-refractivity contribution in [1.29, 1.82) is 0 Å². The van der Waals surface area contributed by atoms with Gasteiger partial charge in [0.05, 0.1) is 5.69 Å². The van der Waals surface area contributed by atoms with Crippen LogP contribution >= 0.6 is 0 Å². The van der Waals surface area contributed by atoms with Gasteiger partial charge in [0.2, 0.25) is 11.2 Å². The number of phenolic OH excluding ortho intramolecular Hbond substituents is 1. The maximum absolute atomic E-state index is 11.8. The molecule has 1 aliphatic rings. The van der Waals surface area contributed by atoms with Crippen LogP contribution < -0.4 is 9.03 Å². The summed E-state index contributed by atoms with van der Waals surface area (Å²) in [5, 5.41) is 18.5. The molecule has 0 aliphatic carbocycles. The van der Waals surface area contributed by atoms with E-state index in [4.69, 9.17) is 5.11 Å². The zero-order valence-electron chi connectivity index (χ0n) is 11.9. The van der Waals surface area contributed by atoms with E-state index in [9.17, 15) is 18.9 Å². The Kier molecular flexibility index (Phi) is 5.37. The Morgan fingerprint density at radius 2 is 2.09 bits per heavy atom. The van der Waals surface area contributed by atoms with Gasteiger partial charge in [-0.15, -0.1) is 0 Å². The number of nitrogens with zero attached hydrogens (tertiary/aromatic N) is 1. The Bertz CT molecular complexity index is 605. The molecule has 2 rings (SSSR count). The number of nitrogens with one attached hydrogen (secondary N) is 1. The topological polar surface area (TPSA) is 107 Å². The van der Waals surface area contributed by atoms with Gasteiger partial charge < -0.3 is 10.2 Å². The van der Waals surface area contributed by atoms with E-state index in [0.717, 1.165) is 24.8 Å². The first-order valence-electron chi connectivity index (χ1n) is 7.00. The maximum atomic E-state index is 11.8. The van der Waals surface area contributed by atoms with Crippen molar-refractivity contribution in [2.75, 3.05) is 10.8 Å². The molecule has 1 aliphatic heterocycles. The molecule has 1 saturated heterocycles. The molecule has 1 aromatic rings. The van der Waals surface area contributed by atoms with Crippen molar-refractivity contribution in [1.82, 2.24) is 4.72 Å². The minimum atomic E-state index is -1.67. The number of rotatable bonds is 7. The van der Waals surface area contributed by atoms with Gasteiger partial charge in [0.25, 0.3) is 5.91 Å². The molecule has 1 aromatic carbocycles. The van der Waals surface area contributed by atoms with E-state index in [0.29, 0.717) is 12.1 Å². The monoisotopic (exact) mass is 326 g/mol. The van der Waals surface area contributed by atoms with Gasteiger partial charge in [-0.3, -0.25) is 18.6 Å². The lowest BCUT2D eigenvalue weighted by Gasteiger charge is -2.16. The highest BCUT2D eigenvalue weighted by molar-refractivity contribution is 7.85. The van der Waals surface area contributed by atoms with Crippen LogP contribution in [0.15, 0.2) is 18.2 Å². The van der Waals surface area contributed by atoms with Crippen LogP contribution in [0.2, 0.25) is 0 Å². The van der Waals surface area contributed by atoms with Gasteiger partial charge in [0, 0.05) is 6.42 Å². The molecule has 7 nitrogen and oxygen atoms in total. The minimum absolute atomic E-state index is 0.0283. The fraction of sp³-hybridized carbons (Fsp3) is 0.429. The van der Waals surface area contributed by atoms with Crippen LogP contribution in [0.25, 0.3) is 0 Å². The van der Waals surface area contributed by atoms with Gasteiger partial charge in [0.1, 0.15) is 12.3 Å². The van der Waals surface area contributed by atoms with Gasteiger partial charge in [-0.25, -0.2) is 4.21 Å². The number of hydrogen-bond donors (Lipinski definition) is 3. The number of carbonyl (C=O) groups is 2. The molecular formula is C14H18N2O5S. The van der Waals surface area contributed by atoms with Crippen LogP contribution in [0, 0.1) is 0 Å². The molecule has 1 unspecified atom stereocenters. The summed E-state index contributed by atoms with van der Waals surface area (Å²) in [4.78, 5) is 21.7. The van der Waals surface area contributed by atoms with Crippen LogP contribution in [-0.2, 0) is 27.2 Å². The second kappa shape index (κ2) is 7.26. The number of unbranched alkanes of at least 4 members (excludes halogenated alkanes) is 2. The molecule has 0 aromatic heterocycles. The largest absolute Gasteiger partial charge is 0.506 e. The summed E-state index contributed by atoms with van der Waals surface area (Å²) in [6.45, 7) is -0.0533. The Balaban J connectivity index is 1.97. The number of amides is 1. The Morgan fingerprint density at radius 3 is 2.73 bits per heavy atom. The standard InChI is InChI=1S/C14H18N2O5S/c17-12-7-6-10(4-2-1-3-5-14(19)20)8-11(12)16-9-13(18)15-22(16)21/h6-8,17H,1-5,9H2,(H,15,18)(H,19,20). The van der Waals surface area contributed by atoms with Crippen LogP contribution in [0.5, 0.6) is 5.75 Å². The summed E-state index contributed by atoms with van der Waals surface area (Å²) in [6, 6.07) is 5.00. The molecule has 1 heterocycles. The molecule has 120 valence electrons. The summed E-state index contributed by atoms with van der Waals surface area (Å²) >= 11 is -1.67. The van der Waals surface area contributed by atoms with Gasteiger partial charge in [-0.05, 0) is 37.0 Å². The molecule has 1 amide bonds. The zero-order valence-corrected chi connectivity index (χ0v) is 12.8. The number of aryl methyl sites for hydroxylation is 1. The van der Waals surface area contributed by atoms with Gasteiger partial charge in [-0.2, -0.15) is 0 Å². The molecule has 1 fully saturated rings. The van der Waals surface area contributed by atoms with Gasteiger partial charge in [0.15, 0.2) is 0 Å². The second-order valence-electron chi connectivity index (χ2n) is 5.09. The number of anilines is 1. The summed E-state index contributed by atoms with van der Waals surface area (Å²) in [7, 11) is 0. The first kappa shape index (κ1) is 16.3. The van der Waals surface area contributed by atoms with E-state index in [2.05, 4.69) is 4.72 Å². The molecule has 0 bridgehead atoms. The number of carboxylic acid groups (broad SMARTS) is 1. The van der Waals surface area contributed by atoms with Gasteiger partial charge >= 0.3 is 5.97 Å². The molecular weight excluding hydrogens is 308 g/mol. The number of aliphatic carboxylic acids is 1. The van der Waals surface area contributed by atoms with Crippen molar-refractivity contribution >= 4 is 28.7 Å².